The number of aromatic carboxylic acids is 1. The van der Waals surface area contributed by atoms with E-state index in [2.05, 4.69) is 5.10 Å². The van der Waals surface area contributed by atoms with Crippen molar-refractivity contribution >= 4 is 12.1 Å². The fourth-order valence-corrected chi connectivity index (χ4v) is 2.28. The summed E-state index contributed by atoms with van der Waals surface area (Å²) in [4.78, 5) is 24.7. The van der Waals surface area contributed by atoms with Gasteiger partial charge in [-0.25, -0.2) is 14.3 Å². The third-order valence-electron chi connectivity index (χ3n) is 3.43. The fourth-order valence-electron chi connectivity index (χ4n) is 2.28. The zero-order valence-corrected chi connectivity index (χ0v) is 15.1. The molecule has 0 bridgehead atoms. The lowest BCUT2D eigenvalue weighted by Crippen LogP contribution is -2.33. The molecular formula is C18H23N3O4. The smallest absolute Gasteiger partial charge is 0.410 e. The first kappa shape index (κ1) is 18.5. The zero-order chi connectivity index (χ0) is 18.8. The van der Waals surface area contributed by atoms with E-state index in [0.717, 1.165) is 11.3 Å². The van der Waals surface area contributed by atoms with Crippen molar-refractivity contribution in [2.45, 2.75) is 39.8 Å². The second-order valence-corrected chi connectivity index (χ2v) is 6.88. The maximum atomic E-state index is 12.1. The number of hydrogen-bond acceptors (Lipinski definition) is 4. The van der Waals surface area contributed by atoms with Crippen LogP contribution in [0.4, 0.5) is 4.79 Å². The van der Waals surface area contributed by atoms with Crippen LogP contribution in [0.1, 0.15) is 42.4 Å². The number of ether oxygens (including phenoxy) is 1. The topological polar surface area (TPSA) is 84.7 Å². The number of carbonyl (C=O) groups is 2. The molecule has 1 aromatic carbocycles. The molecule has 2 rings (SSSR count). The Balaban J connectivity index is 2.18. The second-order valence-electron chi connectivity index (χ2n) is 6.88. The third-order valence-corrected chi connectivity index (χ3v) is 3.43. The number of carbonyl (C=O) groups excluding carboxylic acids is 1. The van der Waals surface area contributed by atoms with E-state index in [1.54, 1.807) is 14.0 Å². The molecule has 0 saturated heterocycles. The molecule has 7 heteroatoms. The Hall–Kier alpha value is -2.83. The molecule has 0 saturated carbocycles. The molecule has 25 heavy (non-hydrogen) atoms. The average molecular weight is 345 g/mol. The predicted molar refractivity (Wildman–Crippen MR) is 93.0 cm³/mol. The summed E-state index contributed by atoms with van der Waals surface area (Å²) in [6, 6.07) is 7.41. The van der Waals surface area contributed by atoms with Crippen LogP contribution in [0, 0.1) is 6.92 Å². The van der Waals surface area contributed by atoms with E-state index in [4.69, 9.17) is 9.84 Å². The first-order valence-electron chi connectivity index (χ1n) is 7.90. The molecule has 1 heterocycles. The summed E-state index contributed by atoms with van der Waals surface area (Å²) in [7, 11) is 1.67. The number of amides is 1. The standard InChI is InChI=1S/C18H23N3O4/c1-12-15(16(22)23)11-21(19-12)14-8-6-7-13(9-14)10-20(5)17(24)25-18(2,3)4/h6-9,11H,10H2,1-5H3,(H,22,23). The van der Waals surface area contributed by atoms with Crippen molar-refractivity contribution in [2.75, 3.05) is 7.05 Å². The number of hydrogen-bond donors (Lipinski definition) is 1. The van der Waals surface area contributed by atoms with Gasteiger partial charge in [-0.2, -0.15) is 5.10 Å². The Kier molecular flexibility index (Phi) is 5.15. The minimum Gasteiger partial charge on any atom is -0.478 e. The number of aryl methyl sites for hydroxylation is 1. The molecule has 0 atom stereocenters. The van der Waals surface area contributed by atoms with Crippen LogP contribution in [0.25, 0.3) is 5.69 Å². The van der Waals surface area contributed by atoms with Crippen LogP contribution in [0.2, 0.25) is 0 Å². The zero-order valence-electron chi connectivity index (χ0n) is 15.1. The molecule has 0 fully saturated rings. The highest BCUT2D eigenvalue weighted by molar-refractivity contribution is 5.88. The van der Waals surface area contributed by atoms with Gasteiger partial charge in [0.15, 0.2) is 0 Å². The number of nitrogens with zero attached hydrogens (tertiary/aromatic N) is 3. The first-order valence-corrected chi connectivity index (χ1v) is 7.90. The molecular weight excluding hydrogens is 322 g/mol. The molecule has 1 aromatic heterocycles. The summed E-state index contributed by atoms with van der Waals surface area (Å²) >= 11 is 0. The van der Waals surface area contributed by atoms with Crippen LogP contribution < -0.4 is 0 Å². The van der Waals surface area contributed by atoms with Crippen molar-refractivity contribution < 1.29 is 19.4 Å². The maximum Gasteiger partial charge on any atom is 0.410 e. The van der Waals surface area contributed by atoms with E-state index >= 15 is 0 Å². The van der Waals surface area contributed by atoms with E-state index in [9.17, 15) is 9.59 Å². The molecule has 0 aliphatic rings. The Labute approximate surface area is 146 Å². The molecule has 134 valence electrons. The number of carboxylic acids is 1. The Bertz CT molecular complexity index is 790. The summed E-state index contributed by atoms with van der Waals surface area (Å²) in [5.74, 6) is -1.01. The van der Waals surface area contributed by atoms with E-state index in [0.29, 0.717) is 12.2 Å². The summed E-state index contributed by atoms with van der Waals surface area (Å²) in [6.07, 6.45) is 1.08. The van der Waals surface area contributed by atoms with Gasteiger partial charge >= 0.3 is 12.1 Å². The molecule has 0 radical (unpaired) electrons. The van der Waals surface area contributed by atoms with Crippen molar-refractivity contribution in [3.05, 3.63) is 47.3 Å². The summed E-state index contributed by atoms with van der Waals surface area (Å²) < 4.78 is 6.86. The number of carboxylic acid groups (broad SMARTS) is 1. The lowest BCUT2D eigenvalue weighted by atomic mass is 10.2. The van der Waals surface area contributed by atoms with Crippen LogP contribution in [-0.4, -0.2) is 44.5 Å². The Morgan fingerprint density at radius 2 is 2.00 bits per heavy atom. The Morgan fingerprint density at radius 3 is 2.56 bits per heavy atom. The van der Waals surface area contributed by atoms with Gasteiger partial charge in [-0.05, 0) is 45.4 Å². The molecule has 7 nitrogen and oxygen atoms in total. The molecule has 1 N–H and O–H groups in total. The van der Waals surface area contributed by atoms with E-state index in [1.807, 2.05) is 45.0 Å². The molecule has 1 amide bonds. The van der Waals surface area contributed by atoms with E-state index in [-0.39, 0.29) is 5.56 Å². The van der Waals surface area contributed by atoms with Crippen LogP contribution in [0.5, 0.6) is 0 Å². The van der Waals surface area contributed by atoms with Crippen molar-refractivity contribution in [3.8, 4) is 5.69 Å². The largest absolute Gasteiger partial charge is 0.478 e. The van der Waals surface area contributed by atoms with Gasteiger partial charge in [0.2, 0.25) is 0 Å². The van der Waals surface area contributed by atoms with Crippen molar-refractivity contribution in [3.63, 3.8) is 0 Å². The van der Waals surface area contributed by atoms with Crippen molar-refractivity contribution in [1.82, 2.24) is 14.7 Å². The Morgan fingerprint density at radius 1 is 1.32 bits per heavy atom. The number of benzene rings is 1. The summed E-state index contributed by atoms with van der Waals surface area (Å²) in [5, 5.41) is 13.4. The molecule has 0 aliphatic heterocycles. The normalized spacial score (nSPS) is 11.2. The SMILES string of the molecule is Cc1nn(-c2cccc(CN(C)C(=O)OC(C)(C)C)c2)cc1C(=O)O. The van der Waals surface area contributed by atoms with Gasteiger partial charge < -0.3 is 14.7 Å². The minimum absolute atomic E-state index is 0.163. The van der Waals surface area contributed by atoms with Crippen molar-refractivity contribution in [1.29, 1.82) is 0 Å². The van der Waals surface area contributed by atoms with Gasteiger partial charge in [0, 0.05) is 19.8 Å². The van der Waals surface area contributed by atoms with E-state index in [1.165, 1.54) is 15.8 Å². The monoisotopic (exact) mass is 345 g/mol. The fraction of sp³-hybridized carbons (Fsp3) is 0.389. The molecule has 2 aromatic rings. The number of rotatable bonds is 4. The summed E-state index contributed by atoms with van der Waals surface area (Å²) in [5.41, 5.74) is 1.68. The quantitative estimate of drug-likeness (QED) is 0.919. The highest BCUT2D eigenvalue weighted by Crippen LogP contribution is 2.16. The maximum absolute atomic E-state index is 12.1. The third kappa shape index (κ3) is 4.82. The van der Waals surface area contributed by atoms with Gasteiger partial charge in [-0.1, -0.05) is 12.1 Å². The van der Waals surface area contributed by atoms with Crippen LogP contribution in [-0.2, 0) is 11.3 Å². The first-order chi connectivity index (χ1) is 11.6. The van der Waals surface area contributed by atoms with Crippen molar-refractivity contribution in [2.24, 2.45) is 0 Å². The molecule has 0 spiro atoms. The van der Waals surface area contributed by atoms with Gasteiger partial charge in [-0.15, -0.1) is 0 Å². The predicted octanol–water partition coefficient (Wildman–Crippen LogP) is 3.25. The molecule has 0 unspecified atom stereocenters. The molecule has 0 aliphatic carbocycles. The lowest BCUT2D eigenvalue weighted by molar-refractivity contribution is 0.0285. The van der Waals surface area contributed by atoms with Gasteiger partial charge in [-0.3, -0.25) is 0 Å². The van der Waals surface area contributed by atoms with Crippen LogP contribution in [0.3, 0.4) is 0 Å². The van der Waals surface area contributed by atoms with Crippen LogP contribution in [0.15, 0.2) is 30.5 Å². The van der Waals surface area contributed by atoms with Gasteiger partial charge in [0.05, 0.1) is 11.4 Å². The minimum atomic E-state index is -1.01. The summed E-state index contributed by atoms with van der Waals surface area (Å²) in [6.45, 7) is 7.48. The second kappa shape index (κ2) is 6.96. The van der Waals surface area contributed by atoms with Gasteiger partial charge in [0.25, 0.3) is 0 Å². The lowest BCUT2D eigenvalue weighted by Gasteiger charge is -2.24. The van der Waals surface area contributed by atoms with Crippen LogP contribution >= 0.6 is 0 Å². The highest BCUT2D eigenvalue weighted by atomic mass is 16.6. The average Bonchev–Trinajstić information content (AvgIpc) is 2.88. The van der Waals surface area contributed by atoms with Gasteiger partial charge in [0.1, 0.15) is 11.2 Å². The van der Waals surface area contributed by atoms with E-state index < -0.39 is 17.7 Å². The highest BCUT2D eigenvalue weighted by Gasteiger charge is 2.20. The number of aromatic nitrogens is 2.